The van der Waals surface area contributed by atoms with Crippen LogP contribution in [0.25, 0.3) is 11.1 Å². The molecule has 1 aliphatic rings. The van der Waals surface area contributed by atoms with Crippen LogP contribution in [-0.4, -0.2) is 34.4 Å². The van der Waals surface area contributed by atoms with Crippen molar-refractivity contribution in [3.8, 4) is 17.0 Å². The minimum absolute atomic E-state index is 0.0601. The number of rotatable bonds is 3. The first-order valence-electron chi connectivity index (χ1n) is 11.0. The molecule has 3 heterocycles. The lowest BCUT2D eigenvalue weighted by molar-refractivity contribution is -0.118. The summed E-state index contributed by atoms with van der Waals surface area (Å²) in [7, 11) is 1.69. The summed E-state index contributed by atoms with van der Waals surface area (Å²) in [4.78, 5) is 18.3. The van der Waals surface area contributed by atoms with Crippen LogP contribution in [0.2, 0.25) is 0 Å². The molecule has 174 valence electrons. The standard InChI is InChI=1S/C25H30N4O3S/c1-16(2)20-8-17(14-31-5)9-21-18-6-7-26-24(10-18)32-15-25(3,4)29-13-19(12-27-29)33-28-23(30)11-22(20)21/h6-10,12-13,16H,11,14-15H2,1-5H3,(H,28,30). The van der Waals surface area contributed by atoms with Gasteiger partial charge in [0.2, 0.25) is 11.8 Å². The van der Waals surface area contributed by atoms with Gasteiger partial charge in [0.1, 0.15) is 6.61 Å². The van der Waals surface area contributed by atoms with Crippen LogP contribution in [0.5, 0.6) is 5.88 Å². The van der Waals surface area contributed by atoms with E-state index in [4.69, 9.17) is 9.47 Å². The molecule has 0 aliphatic carbocycles. The number of fused-ring (bicyclic) bond motifs is 6. The minimum Gasteiger partial charge on any atom is -0.475 e. The number of nitrogens with one attached hydrogen (secondary N) is 1. The molecule has 4 rings (SSSR count). The number of hydrogen-bond donors (Lipinski definition) is 1. The highest BCUT2D eigenvalue weighted by Gasteiger charge is 2.24. The number of hydrogen-bond acceptors (Lipinski definition) is 6. The van der Waals surface area contributed by atoms with Crippen LogP contribution in [0.15, 0.2) is 47.8 Å². The molecule has 3 aromatic rings. The summed E-state index contributed by atoms with van der Waals surface area (Å²) in [6, 6.07) is 8.15. The average Bonchev–Trinajstić information content (AvgIpc) is 3.27. The Kier molecular flexibility index (Phi) is 6.76. The van der Waals surface area contributed by atoms with Gasteiger partial charge in [-0.25, -0.2) is 4.98 Å². The summed E-state index contributed by atoms with van der Waals surface area (Å²) in [6.45, 7) is 9.29. The van der Waals surface area contributed by atoms with Crippen molar-refractivity contribution in [2.24, 2.45) is 0 Å². The summed E-state index contributed by atoms with van der Waals surface area (Å²) in [5.74, 6) is 0.723. The Morgan fingerprint density at radius 2 is 2.12 bits per heavy atom. The fraction of sp³-hybridized carbons (Fsp3) is 0.400. The lowest BCUT2D eigenvalue weighted by Gasteiger charge is -2.25. The Hall–Kier alpha value is -2.84. The highest BCUT2D eigenvalue weighted by atomic mass is 32.2. The lowest BCUT2D eigenvalue weighted by Crippen LogP contribution is -2.34. The number of aromatic nitrogens is 3. The Morgan fingerprint density at radius 3 is 2.88 bits per heavy atom. The summed E-state index contributed by atoms with van der Waals surface area (Å²) < 4.78 is 16.4. The molecule has 2 aromatic heterocycles. The number of ether oxygens (including phenoxy) is 2. The van der Waals surface area contributed by atoms with Gasteiger partial charge in [-0.2, -0.15) is 5.10 Å². The Bertz CT molecular complexity index is 1160. The third-order valence-corrected chi connectivity index (χ3v) is 6.47. The molecule has 0 saturated heterocycles. The predicted octanol–water partition coefficient (Wildman–Crippen LogP) is 4.71. The van der Waals surface area contributed by atoms with E-state index in [0.29, 0.717) is 19.1 Å². The molecule has 7 nitrogen and oxygen atoms in total. The molecule has 1 amide bonds. The van der Waals surface area contributed by atoms with E-state index >= 15 is 0 Å². The van der Waals surface area contributed by atoms with Crippen molar-refractivity contribution in [2.45, 2.75) is 57.1 Å². The van der Waals surface area contributed by atoms with Gasteiger partial charge >= 0.3 is 0 Å². The van der Waals surface area contributed by atoms with Crippen LogP contribution in [-0.2, 0) is 28.1 Å². The molecule has 1 N–H and O–H groups in total. The van der Waals surface area contributed by atoms with E-state index in [1.54, 1.807) is 19.5 Å². The van der Waals surface area contributed by atoms with Gasteiger partial charge in [0.15, 0.2) is 0 Å². The maximum absolute atomic E-state index is 13.0. The normalized spacial score (nSPS) is 15.8. The molecule has 33 heavy (non-hydrogen) atoms. The van der Waals surface area contributed by atoms with Gasteiger partial charge in [0, 0.05) is 25.6 Å². The van der Waals surface area contributed by atoms with E-state index in [9.17, 15) is 4.79 Å². The second-order valence-corrected chi connectivity index (χ2v) is 10.1. The zero-order valence-electron chi connectivity index (χ0n) is 19.7. The van der Waals surface area contributed by atoms with Crippen molar-refractivity contribution < 1.29 is 14.3 Å². The molecular formula is C25H30N4O3S. The minimum atomic E-state index is -0.394. The SMILES string of the molecule is COCc1cc2c(c(C(C)C)c1)CC(=O)NSc1cnn(c1)C(C)(C)COc1cc-2ccn1. The quantitative estimate of drug-likeness (QED) is 0.564. The van der Waals surface area contributed by atoms with Crippen LogP contribution < -0.4 is 9.46 Å². The molecule has 1 aromatic carbocycles. The topological polar surface area (TPSA) is 78.3 Å². The van der Waals surface area contributed by atoms with Crippen LogP contribution in [0.4, 0.5) is 0 Å². The first-order valence-corrected chi connectivity index (χ1v) is 11.8. The van der Waals surface area contributed by atoms with E-state index in [1.165, 1.54) is 11.9 Å². The highest BCUT2D eigenvalue weighted by Crippen LogP contribution is 2.34. The van der Waals surface area contributed by atoms with Gasteiger partial charge in [0.25, 0.3) is 0 Å². The van der Waals surface area contributed by atoms with Gasteiger partial charge in [0.05, 0.1) is 29.7 Å². The van der Waals surface area contributed by atoms with E-state index in [-0.39, 0.29) is 18.2 Å². The zero-order chi connectivity index (χ0) is 23.6. The number of amides is 1. The molecular weight excluding hydrogens is 436 g/mol. The fourth-order valence-corrected chi connectivity index (χ4v) is 4.51. The molecule has 0 atom stereocenters. The van der Waals surface area contributed by atoms with Gasteiger partial charge in [-0.15, -0.1) is 0 Å². The van der Waals surface area contributed by atoms with E-state index < -0.39 is 5.54 Å². The van der Waals surface area contributed by atoms with Gasteiger partial charge in [-0.05, 0) is 71.7 Å². The van der Waals surface area contributed by atoms with Crippen molar-refractivity contribution in [1.82, 2.24) is 19.5 Å². The van der Waals surface area contributed by atoms with Crippen molar-refractivity contribution in [2.75, 3.05) is 13.7 Å². The van der Waals surface area contributed by atoms with Crippen LogP contribution >= 0.6 is 11.9 Å². The second kappa shape index (κ2) is 9.57. The first kappa shape index (κ1) is 23.3. The third-order valence-electron chi connectivity index (χ3n) is 5.70. The van der Waals surface area contributed by atoms with E-state index in [0.717, 1.165) is 32.7 Å². The lowest BCUT2D eigenvalue weighted by atomic mass is 9.86. The smallest absolute Gasteiger partial charge is 0.234 e. The van der Waals surface area contributed by atoms with Gasteiger partial charge < -0.3 is 9.47 Å². The molecule has 0 saturated carbocycles. The van der Waals surface area contributed by atoms with Crippen molar-refractivity contribution in [3.63, 3.8) is 0 Å². The number of benzene rings is 1. The first-order chi connectivity index (χ1) is 15.8. The molecule has 8 heteroatoms. The predicted molar refractivity (Wildman–Crippen MR) is 129 cm³/mol. The number of methoxy groups -OCH3 is 1. The van der Waals surface area contributed by atoms with Crippen molar-refractivity contribution in [1.29, 1.82) is 0 Å². The van der Waals surface area contributed by atoms with Gasteiger partial charge in [-0.1, -0.05) is 19.9 Å². The second-order valence-electron chi connectivity index (χ2n) is 9.21. The summed E-state index contributed by atoms with van der Waals surface area (Å²) >= 11 is 1.28. The molecule has 4 bridgehead atoms. The summed E-state index contributed by atoms with van der Waals surface area (Å²) in [6.07, 6.45) is 5.69. The van der Waals surface area contributed by atoms with Crippen LogP contribution in [0, 0.1) is 0 Å². The number of nitrogens with zero attached hydrogens (tertiary/aromatic N) is 3. The van der Waals surface area contributed by atoms with E-state index in [2.05, 4.69) is 54.6 Å². The Morgan fingerprint density at radius 1 is 1.30 bits per heavy atom. The average molecular weight is 467 g/mol. The van der Waals surface area contributed by atoms with Crippen molar-refractivity contribution >= 4 is 17.9 Å². The molecule has 0 spiro atoms. The van der Waals surface area contributed by atoms with Crippen LogP contribution in [0.1, 0.15) is 50.3 Å². The Labute approximate surface area is 199 Å². The number of carbonyl (C=O) groups excluding carboxylic acids is 1. The monoisotopic (exact) mass is 466 g/mol. The largest absolute Gasteiger partial charge is 0.475 e. The fourth-order valence-electron chi connectivity index (χ4n) is 3.95. The third kappa shape index (κ3) is 5.23. The number of pyridine rings is 1. The summed E-state index contributed by atoms with van der Waals surface area (Å²) in [5.41, 5.74) is 4.78. The molecule has 0 fully saturated rings. The molecule has 0 unspecified atom stereocenters. The van der Waals surface area contributed by atoms with Crippen LogP contribution in [0.3, 0.4) is 0 Å². The molecule has 1 aliphatic heterocycles. The van der Waals surface area contributed by atoms with Crippen molar-refractivity contribution in [3.05, 3.63) is 59.5 Å². The Balaban J connectivity index is 1.85. The number of carbonyl (C=O) groups is 1. The zero-order valence-corrected chi connectivity index (χ0v) is 20.5. The highest BCUT2D eigenvalue weighted by molar-refractivity contribution is 7.98. The van der Waals surface area contributed by atoms with Gasteiger partial charge in [-0.3, -0.25) is 14.2 Å². The maximum Gasteiger partial charge on any atom is 0.234 e. The maximum atomic E-state index is 13.0. The molecule has 0 radical (unpaired) electrons. The van der Waals surface area contributed by atoms with E-state index in [1.807, 2.05) is 23.0 Å². The summed E-state index contributed by atoms with van der Waals surface area (Å²) in [5, 5.41) is 4.47.